The van der Waals surface area contributed by atoms with Crippen molar-refractivity contribution < 1.29 is 19.3 Å². The molecule has 3 amide bonds. The van der Waals surface area contributed by atoms with Gasteiger partial charge >= 0.3 is 0 Å². The van der Waals surface area contributed by atoms with E-state index >= 15 is 0 Å². The van der Waals surface area contributed by atoms with E-state index in [-0.39, 0.29) is 17.3 Å². The average Bonchev–Trinajstić information content (AvgIpc) is 3.08. The van der Waals surface area contributed by atoms with Crippen molar-refractivity contribution in [1.82, 2.24) is 5.32 Å². The van der Waals surface area contributed by atoms with Gasteiger partial charge < -0.3 is 16.0 Å². The summed E-state index contributed by atoms with van der Waals surface area (Å²) in [4.78, 5) is 51.2. The molecule has 0 radical (unpaired) electrons. The predicted molar refractivity (Wildman–Crippen MR) is 180 cm³/mol. The van der Waals surface area contributed by atoms with E-state index < -0.39 is 22.0 Å². The molecule has 3 N–H and O–H groups in total. The smallest absolute Gasteiger partial charge is 0.272 e. The van der Waals surface area contributed by atoms with Crippen LogP contribution >= 0.6 is 11.8 Å². The van der Waals surface area contributed by atoms with E-state index in [4.69, 9.17) is 0 Å². The van der Waals surface area contributed by atoms with Crippen LogP contribution in [0.15, 0.2) is 150 Å². The highest BCUT2D eigenvalue weighted by Gasteiger charge is 2.23. The second-order valence-corrected chi connectivity index (χ2v) is 11.2. The fourth-order valence-corrected chi connectivity index (χ4v) is 5.50. The van der Waals surface area contributed by atoms with Gasteiger partial charge in [0.25, 0.3) is 17.5 Å². The van der Waals surface area contributed by atoms with Crippen LogP contribution in [0.5, 0.6) is 0 Å². The maximum Gasteiger partial charge on any atom is 0.272 e. The fraction of sp³-hybridized carbons (Fsp3) is 0.0278. The molecular weight excluding hydrogens is 600 g/mol. The third kappa shape index (κ3) is 8.55. The Hall–Kier alpha value is -6.00. The van der Waals surface area contributed by atoms with Gasteiger partial charge in [0.2, 0.25) is 5.91 Å². The Morgan fingerprint density at radius 1 is 0.696 bits per heavy atom. The number of nitrogens with zero attached hydrogens (tertiary/aromatic N) is 1. The van der Waals surface area contributed by atoms with Crippen LogP contribution in [-0.4, -0.2) is 22.6 Å². The molecule has 5 aromatic rings. The summed E-state index contributed by atoms with van der Waals surface area (Å²) in [5.41, 5.74) is 2.76. The summed E-state index contributed by atoms with van der Waals surface area (Å²) in [6.45, 7) is 0. The molecule has 228 valence electrons. The maximum atomic E-state index is 13.5. The van der Waals surface area contributed by atoms with Gasteiger partial charge in [0, 0.05) is 34.0 Å². The minimum Gasteiger partial charge on any atom is -0.325 e. The van der Waals surface area contributed by atoms with Crippen LogP contribution in [0.1, 0.15) is 26.7 Å². The molecule has 0 heterocycles. The minimum atomic E-state index is -0.680. The first-order valence-electron chi connectivity index (χ1n) is 14.2. The van der Waals surface area contributed by atoms with Crippen LogP contribution in [0.2, 0.25) is 0 Å². The SMILES string of the molecule is O=C(Nc1cccc(SC(C(=O)Nc2ccc([N+](=O)[O-])cc2)c2ccccc2)c1)/C(=C/c1ccccc1)NC(=O)c1ccccc1. The normalized spacial score (nSPS) is 11.6. The van der Waals surface area contributed by atoms with Crippen molar-refractivity contribution in [1.29, 1.82) is 0 Å². The van der Waals surface area contributed by atoms with Crippen LogP contribution in [0, 0.1) is 10.1 Å². The second-order valence-electron chi connectivity index (χ2n) is 9.97. The van der Waals surface area contributed by atoms with Crippen molar-refractivity contribution in [3.8, 4) is 0 Å². The molecule has 0 aliphatic carbocycles. The molecule has 0 saturated carbocycles. The molecule has 0 bridgehead atoms. The number of nitro benzene ring substituents is 1. The molecule has 0 spiro atoms. The van der Waals surface area contributed by atoms with Gasteiger partial charge in [0.15, 0.2) is 0 Å². The number of anilines is 2. The number of rotatable bonds is 11. The molecular formula is C36H28N4O5S. The fourth-order valence-electron chi connectivity index (χ4n) is 4.42. The lowest BCUT2D eigenvalue weighted by Gasteiger charge is -2.18. The van der Waals surface area contributed by atoms with E-state index in [9.17, 15) is 24.5 Å². The molecule has 1 unspecified atom stereocenters. The van der Waals surface area contributed by atoms with E-state index in [1.165, 1.54) is 36.0 Å². The number of amides is 3. The summed E-state index contributed by atoms with van der Waals surface area (Å²) in [6.07, 6.45) is 1.60. The second kappa shape index (κ2) is 15.1. The van der Waals surface area contributed by atoms with Crippen molar-refractivity contribution >= 4 is 52.6 Å². The first kappa shape index (κ1) is 31.4. The number of non-ortho nitro benzene ring substituents is 1. The van der Waals surface area contributed by atoms with Gasteiger partial charge in [0.1, 0.15) is 10.9 Å². The van der Waals surface area contributed by atoms with Gasteiger partial charge in [-0.1, -0.05) is 84.9 Å². The lowest BCUT2D eigenvalue weighted by Crippen LogP contribution is -2.30. The van der Waals surface area contributed by atoms with Crippen LogP contribution in [0.4, 0.5) is 17.1 Å². The van der Waals surface area contributed by atoms with Crippen molar-refractivity contribution in [3.63, 3.8) is 0 Å². The largest absolute Gasteiger partial charge is 0.325 e. The van der Waals surface area contributed by atoms with E-state index in [1.807, 2.05) is 66.7 Å². The molecule has 0 aliphatic heterocycles. The highest BCUT2D eigenvalue weighted by Crippen LogP contribution is 2.37. The Bertz CT molecular complexity index is 1870. The zero-order valence-corrected chi connectivity index (χ0v) is 25.1. The summed E-state index contributed by atoms with van der Waals surface area (Å²) in [6, 6.07) is 39.7. The molecule has 5 aromatic carbocycles. The Kier molecular flexibility index (Phi) is 10.3. The summed E-state index contributed by atoms with van der Waals surface area (Å²) in [5.74, 6) is -1.27. The van der Waals surface area contributed by atoms with Crippen LogP contribution in [0.3, 0.4) is 0 Å². The monoisotopic (exact) mass is 628 g/mol. The summed E-state index contributed by atoms with van der Waals surface area (Å²) < 4.78 is 0. The Labute approximate surface area is 269 Å². The topological polar surface area (TPSA) is 130 Å². The Morgan fingerprint density at radius 2 is 1.33 bits per heavy atom. The zero-order chi connectivity index (χ0) is 32.3. The molecule has 0 aromatic heterocycles. The molecule has 5 rings (SSSR count). The first-order valence-corrected chi connectivity index (χ1v) is 15.1. The Balaban J connectivity index is 1.35. The maximum absolute atomic E-state index is 13.5. The first-order chi connectivity index (χ1) is 22.4. The number of nitro groups is 1. The van der Waals surface area contributed by atoms with Crippen molar-refractivity contribution in [3.05, 3.63) is 172 Å². The van der Waals surface area contributed by atoms with Crippen molar-refractivity contribution in [2.45, 2.75) is 10.1 Å². The molecule has 1 atom stereocenters. The number of carbonyl (C=O) groups is 3. The number of hydrogen-bond donors (Lipinski definition) is 3. The third-order valence-electron chi connectivity index (χ3n) is 6.67. The van der Waals surface area contributed by atoms with Crippen LogP contribution in [0.25, 0.3) is 6.08 Å². The summed E-state index contributed by atoms with van der Waals surface area (Å²) >= 11 is 1.28. The number of hydrogen-bond acceptors (Lipinski definition) is 6. The molecule has 0 saturated heterocycles. The van der Waals surface area contributed by atoms with Gasteiger partial charge in [-0.3, -0.25) is 24.5 Å². The minimum absolute atomic E-state index is 0.0581. The van der Waals surface area contributed by atoms with E-state index in [1.54, 1.807) is 54.6 Å². The number of carbonyl (C=O) groups excluding carboxylic acids is 3. The summed E-state index contributed by atoms with van der Waals surface area (Å²) in [5, 5.41) is 18.8. The molecule has 9 nitrogen and oxygen atoms in total. The molecule has 0 fully saturated rings. The van der Waals surface area contributed by atoms with Crippen molar-refractivity contribution in [2.24, 2.45) is 0 Å². The molecule has 0 aliphatic rings. The van der Waals surface area contributed by atoms with Gasteiger partial charge in [-0.05, 0) is 59.7 Å². The van der Waals surface area contributed by atoms with E-state index in [0.717, 1.165) is 11.1 Å². The lowest BCUT2D eigenvalue weighted by atomic mass is 10.1. The van der Waals surface area contributed by atoms with Crippen LogP contribution in [-0.2, 0) is 9.59 Å². The van der Waals surface area contributed by atoms with E-state index in [0.29, 0.717) is 21.8 Å². The third-order valence-corrected chi connectivity index (χ3v) is 7.92. The zero-order valence-electron chi connectivity index (χ0n) is 24.3. The predicted octanol–water partition coefficient (Wildman–Crippen LogP) is 7.48. The standard InChI is InChI=1S/C36H28N4O5S/c41-34(27-15-8-3-9-16-27)39-32(23-25-11-4-1-5-12-25)35(42)38-29-17-10-18-31(24-29)46-33(26-13-6-2-7-14-26)36(43)37-28-19-21-30(22-20-28)40(44)45/h1-24,33H,(H,37,43)(H,38,42)(H,39,41)/b32-23-. The highest BCUT2D eigenvalue weighted by molar-refractivity contribution is 8.00. The molecule has 10 heteroatoms. The quantitative estimate of drug-likeness (QED) is 0.0602. The van der Waals surface area contributed by atoms with Crippen LogP contribution < -0.4 is 16.0 Å². The van der Waals surface area contributed by atoms with Gasteiger partial charge in [-0.25, -0.2) is 0 Å². The highest BCUT2D eigenvalue weighted by atomic mass is 32.2. The van der Waals surface area contributed by atoms with E-state index in [2.05, 4.69) is 16.0 Å². The van der Waals surface area contributed by atoms with Gasteiger partial charge in [0.05, 0.1) is 4.92 Å². The Morgan fingerprint density at radius 3 is 1.98 bits per heavy atom. The van der Waals surface area contributed by atoms with Gasteiger partial charge in [-0.15, -0.1) is 11.8 Å². The lowest BCUT2D eigenvalue weighted by molar-refractivity contribution is -0.384. The molecule has 46 heavy (non-hydrogen) atoms. The van der Waals surface area contributed by atoms with Gasteiger partial charge in [-0.2, -0.15) is 0 Å². The number of benzene rings is 5. The number of thioether (sulfide) groups is 1. The van der Waals surface area contributed by atoms with Crippen molar-refractivity contribution in [2.75, 3.05) is 10.6 Å². The average molecular weight is 629 g/mol. The summed E-state index contributed by atoms with van der Waals surface area (Å²) in [7, 11) is 0. The number of nitrogens with one attached hydrogen (secondary N) is 3.